The van der Waals surface area contributed by atoms with Crippen LogP contribution in [-0.2, 0) is 13.2 Å². The average Bonchev–Trinajstić information content (AvgIpc) is 2.79. The van der Waals surface area contributed by atoms with Crippen LogP contribution in [0.4, 0.5) is 11.4 Å². The molecule has 0 aliphatic carbocycles. The van der Waals surface area contributed by atoms with E-state index in [4.69, 9.17) is 44.3 Å². The molecular formula is C23H22Cl3N3O4. The minimum absolute atomic E-state index is 0.0471. The van der Waals surface area contributed by atoms with E-state index in [0.29, 0.717) is 51.9 Å². The minimum atomic E-state index is -0.480. The molecule has 0 saturated carbocycles. The zero-order chi connectivity index (χ0) is 23.8. The van der Waals surface area contributed by atoms with Crippen LogP contribution in [0.5, 0.6) is 11.5 Å². The van der Waals surface area contributed by atoms with Crippen LogP contribution in [0.3, 0.4) is 0 Å². The van der Waals surface area contributed by atoms with E-state index < -0.39 is 4.92 Å². The van der Waals surface area contributed by atoms with Crippen LogP contribution in [0.2, 0.25) is 15.1 Å². The van der Waals surface area contributed by atoms with Gasteiger partial charge in [-0.25, -0.2) is 0 Å². The lowest BCUT2D eigenvalue weighted by Gasteiger charge is -2.16. The van der Waals surface area contributed by atoms with Crippen molar-refractivity contribution in [1.82, 2.24) is 5.32 Å². The van der Waals surface area contributed by atoms with Gasteiger partial charge in [-0.05, 0) is 24.3 Å². The number of hydrogen-bond acceptors (Lipinski definition) is 6. The number of hydrogen-bond donors (Lipinski definition) is 2. The molecule has 0 fully saturated rings. The maximum Gasteiger partial charge on any atom is 0.271 e. The Balaban J connectivity index is 1.57. The number of nitrogens with one attached hydrogen (secondary N) is 2. The highest BCUT2D eigenvalue weighted by molar-refractivity contribution is 6.35. The van der Waals surface area contributed by atoms with Crippen LogP contribution >= 0.6 is 34.8 Å². The predicted molar refractivity (Wildman–Crippen MR) is 132 cm³/mol. The van der Waals surface area contributed by atoms with Gasteiger partial charge in [-0.15, -0.1) is 0 Å². The van der Waals surface area contributed by atoms with E-state index in [1.807, 2.05) is 24.3 Å². The third-order valence-electron chi connectivity index (χ3n) is 4.76. The Morgan fingerprint density at radius 2 is 1.79 bits per heavy atom. The number of nitro benzene ring substituents is 1. The third kappa shape index (κ3) is 6.88. The van der Waals surface area contributed by atoms with E-state index >= 15 is 0 Å². The Kier molecular flexibility index (Phi) is 9.03. The largest absolute Gasteiger partial charge is 0.493 e. The first-order valence-corrected chi connectivity index (χ1v) is 11.1. The van der Waals surface area contributed by atoms with E-state index in [0.717, 1.165) is 11.1 Å². The molecule has 174 valence electrons. The Labute approximate surface area is 206 Å². The molecule has 0 atom stereocenters. The van der Waals surface area contributed by atoms with Crippen LogP contribution in [0.1, 0.15) is 11.1 Å². The molecule has 2 N–H and O–H groups in total. The van der Waals surface area contributed by atoms with Crippen molar-refractivity contribution in [2.45, 2.75) is 13.2 Å². The van der Waals surface area contributed by atoms with Crippen molar-refractivity contribution in [2.75, 3.05) is 25.5 Å². The van der Waals surface area contributed by atoms with E-state index in [-0.39, 0.29) is 12.3 Å². The van der Waals surface area contributed by atoms with E-state index in [1.54, 1.807) is 25.3 Å². The first kappa shape index (κ1) is 24.9. The lowest BCUT2D eigenvalue weighted by atomic mass is 10.1. The number of benzene rings is 3. The van der Waals surface area contributed by atoms with Crippen LogP contribution in [0, 0.1) is 10.1 Å². The molecule has 0 radical (unpaired) electrons. The number of rotatable bonds is 11. The van der Waals surface area contributed by atoms with Gasteiger partial charge in [-0.2, -0.15) is 0 Å². The Morgan fingerprint density at radius 3 is 2.48 bits per heavy atom. The van der Waals surface area contributed by atoms with Gasteiger partial charge in [-0.3, -0.25) is 10.1 Å². The van der Waals surface area contributed by atoms with Crippen LogP contribution in [0.25, 0.3) is 0 Å². The molecule has 3 aromatic rings. The van der Waals surface area contributed by atoms with Crippen molar-refractivity contribution in [1.29, 1.82) is 0 Å². The monoisotopic (exact) mass is 509 g/mol. The van der Waals surface area contributed by atoms with Crippen molar-refractivity contribution in [3.05, 3.63) is 90.9 Å². The van der Waals surface area contributed by atoms with Gasteiger partial charge in [0.15, 0.2) is 11.5 Å². The van der Waals surface area contributed by atoms with Gasteiger partial charge in [0.1, 0.15) is 6.61 Å². The van der Waals surface area contributed by atoms with E-state index in [9.17, 15) is 10.1 Å². The standard InChI is InChI=1S/C23H22Cl3N3O4/c1-32-22-4-2-3-15(23(22)33-14-16-5-6-17(24)11-19(16)25)13-27-9-10-28-21-8-7-18(29(30)31)12-20(21)26/h2-8,11-12,27-28H,9-10,13-14H2,1H3. The SMILES string of the molecule is COc1cccc(CNCCNc2ccc([N+](=O)[O-])cc2Cl)c1OCc1ccc(Cl)cc1Cl. The van der Waals surface area contributed by atoms with Crippen LogP contribution < -0.4 is 20.1 Å². The van der Waals surface area contributed by atoms with Crippen molar-refractivity contribution in [3.63, 3.8) is 0 Å². The number of nitro groups is 1. The molecular weight excluding hydrogens is 489 g/mol. The summed E-state index contributed by atoms with van der Waals surface area (Å²) in [5.41, 5.74) is 2.33. The van der Waals surface area contributed by atoms with Crippen molar-refractivity contribution < 1.29 is 14.4 Å². The average molecular weight is 511 g/mol. The van der Waals surface area contributed by atoms with Gasteiger partial charge in [0.05, 0.1) is 22.7 Å². The van der Waals surface area contributed by atoms with Gasteiger partial charge >= 0.3 is 0 Å². The summed E-state index contributed by atoms with van der Waals surface area (Å²) in [6.45, 7) is 1.99. The summed E-state index contributed by atoms with van der Waals surface area (Å²) in [5.74, 6) is 1.25. The number of methoxy groups -OCH3 is 1. The van der Waals surface area contributed by atoms with Crippen LogP contribution in [0.15, 0.2) is 54.6 Å². The number of halogens is 3. The van der Waals surface area contributed by atoms with E-state index in [2.05, 4.69) is 10.6 Å². The topological polar surface area (TPSA) is 85.7 Å². The van der Waals surface area contributed by atoms with Crippen molar-refractivity contribution in [3.8, 4) is 11.5 Å². The molecule has 0 spiro atoms. The molecule has 0 aliphatic rings. The summed E-state index contributed by atoms with van der Waals surface area (Å²) in [4.78, 5) is 10.3. The minimum Gasteiger partial charge on any atom is -0.493 e. The van der Waals surface area contributed by atoms with Gasteiger partial charge in [0.25, 0.3) is 5.69 Å². The van der Waals surface area contributed by atoms with Crippen LogP contribution in [-0.4, -0.2) is 25.1 Å². The summed E-state index contributed by atoms with van der Waals surface area (Å²) < 4.78 is 11.5. The van der Waals surface area contributed by atoms with Crippen molar-refractivity contribution in [2.24, 2.45) is 0 Å². The Morgan fingerprint density at radius 1 is 0.970 bits per heavy atom. The first-order valence-electron chi connectivity index (χ1n) is 10.00. The molecule has 33 heavy (non-hydrogen) atoms. The zero-order valence-electron chi connectivity index (χ0n) is 17.7. The summed E-state index contributed by atoms with van der Waals surface area (Å²) in [5, 5.41) is 18.7. The smallest absolute Gasteiger partial charge is 0.271 e. The fourth-order valence-electron chi connectivity index (χ4n) is 3.08. The summed E-state index contributed by atoms with van der Waals surface area (Å²) in [6.07, 6.45) is 0. The summed E-state index contributed by atoms with van der Waals surface area (Å²) in [6, 6.07) is 15.3. The normalized spacial score (nSPS) is 10.7. The molecule has 3 rings (SSSR count). The molecule has 0 saturated heterocycles. The second kappa shape index (κ2) is 12.0. The maximum absolute atomic E-state index is 10.8. The fourth-order valence-corrected chi connectivity index (χ4v) is 3.79. The lowest BCUT2D eigenvalue weighted by molar-refractivity contribution is -0.384. The van der Waals surface area contributed by atoms with Crippen molar-refractivity contribution >= 4 is 46.2 Å². The molecule has 0 amide bonds. The van der Waals surface area contributed by atoms with Gasteiger partial charge in [0.2, 0.25) is 0 Å². The molecule has 0 heterocycles. The molecule has 3 aromatic carbocycles. The fraction of sp³-hybridized carbons (Fsp3) is 0.217. The summed E-state index contributed by atoms with van der Waals surface area (Å²) >= 11 is 18.3. The predicted octanol–water partition coefficient (Wildman–Crippen LogP) is 6.34. The lowest BCUT2D eigenvalue weighted by Crippen LogP contribution is -2.22. The maximum atomic E-state index is 10.8. The second-order valence-electron chi connectivity index (χ2n) is 7.00. The number of para-hydroxylation sites is 1. The van der Waals surface area contributed by atoms with Gasteiger partial charge < -0.3 is 20.1 Å². The second-order valence-corrected chi connectivity index (χ2v) is 8.25. The Bertz CT molecular complexity index is 1130. The number of anilines is 1. The third-order valence-corrected chi connectivity index (χ3v) is 5.66. The number of nitrogens with zero attached hydrogens (tertiary/aromatic N) is 1. The quantitative estimate of drug-likeness (QED) is 0.178. The highest BCUT2D eigenvalue weighted by Crippen LogP contribution is 2.33. The highest BCUT2D eigenvalue weighted by Gasteiger charge is 2.12. The van der Waals surface area contributed by atoms with E-state index in [1.165, 1.54) is 12.1 Å². The summed E-state index contributed by atoms with van der Waals surface area (Å²) in [7, 11) is 1.59. The molecule has 0 aromatic heterocycles. The molecule has 0 aliphatic heterocycles. The molecule has 0 unspecified atom stereocenters. The molecule has 7 nitrogen and oxygen atoms in total. The number of ether oxygens (including phenoxy) is 2. The highest BCUT2D eigenvalue weighted by atomic mass is 35.5. The zero-order valence-corrected chi connectivity index (χ0v) is 20.0. The van der Waals surface area contributed by atoms with Gasteiger partial charge in [0, 0.05) is 52.9 Å². The molecule has 10 heteroatoms. The van der Waals surface area contributed by atoms with Gasteiger partial charge in [-0.1, -0.05) is 53.0 Å². The first-order chi connectivity index (χ1) is 15.9. The number of non-ortho nitro benzene ring substituents is 1. The molecule has 0 bridgehead atoms. The Hall–Kier alpha value is -2.71.